The zero-order valence-corrected chi connectivity index (χ0v) is 15.3. The molecule has 136 valence electrons. The second-order valence-electron chi connectivity index (χ2n) is 6.14. The molecule has 0 atom stereocenters. The number of para-hydroxylation sites is 1. The molecule has 1 amide bonds. The minimum atomic E-state index is -0.201. The largest absolute Gasteiger partial charge is 0.496 e. The molecular weight excluding hydrogens is 340 g/mol. The zero-order valence-electron chi connectivity index (χ0n) is 15.3. The molecular formula is C21H21N4O2+. The van der Waals surface area contributed by atoms with Crippen LogP contribution in [0.25, 0.3) is 10.9 Å². The maximum absolute atomic E-state index is 12.3. The monoisotopic (exact) mass is 361 g/mol. The van der Waals surface area contributed by atoms with Gasteiger partial charge in [0.15, 0.2) is 0 Å². The topological polar surface area (TPSA) is 88.3 Å². The molecule has 3 N–H and O–H groups in total. The fourth-order valence-corrected chi connectivity index (χ4v) is 2.86. The molecule has 1 heterocycles. The van der Waals surface area contributed by atoms with Crippen molar-refractivity contribution in [2.75, 3.05) is 25.5 Å². The number of ether oxygens (including phenoxy) is 1. The van der Waals surface area contributed by atoms with E-state index in [-0.39, 0.29) is 5.91 Å². The summed E-state index contributed by atoms with van der Waals surface area (Å²) in [5.74, 6) is 0.973. The van der Waals surface area contributed by atoms with Gasteiger partial charge in [-0.3, -0.25) is 10.1 Å². The van der Waals surface area contributed by atoms with Crippen LogP contribution in [0, 0.1) is 18.3 Å². The number of nitrogens with one attached hydrogen (secondary N) is 3. The van der Waals surface area contributed by atoms with Crippen LogP contribution in [0.5, 0.6) is 5.75 Å². The lowest BCUT2D eigenvalue weighted by Crippen LogP contribution is -2.30. The number of benzene rings is 2. The molecule has 0 aliphatic rings. The van der Waals surface area contributed by atoms with Crippen LogP contribution < -0.4 is 20.4 Å². The van der Waals surface area contributed by atoms with Crippen LogP contribution in [-0.4, -0.2) is 26.1 Å². The molecule has 6 heteroatoms. The number of H-pyrrole nitrogens is 1. The Bertz CT molecular complexity index is 1020. The molecule has 0 saturated carbocycles. The van der Waals surface area contributed by atoms with Gasteiger partial charge in [-0.1, -0.05) is 23.8 Å². The van der Waals surface area contributed by atoms with Gasteiger partial charge in [-0.25, -0.2) is 4.98 Å². The van der Waals surface area contributed by atoms with Crippen LogP contribution in [-0.2, 0) is 0 Å². The molecule has 0 fully saturated rings. The van der Waals surface area contributed by atoms with Crippen LogP contribution in [0.3, 0.4) is 0 Å². The van der Waals surface area contributed by atoms with E-state index < -0.39 is 0 Å². The number of hydrogen-bond acceptors (Lipinski definition) is 4. The van der Waals surface area contributed by atoms with Gasteiger partial charge in [0, 0.05) is 5.39 Å². The van der Waals surface area contributed by atoms with Crippen molar-refractivity contribution in [1.82, 2.24) is 5.32 Å². The average molecular weight is 361 g/mol. The van der Waals surface area contributed by atoms with Crippen LogP contribution in [0.1, 0.15) is 21.5 Å². The van der Waals surface area contributed by atoms with Crippen LogP contribution >= 0.6 is 0 Å². The summed E-state index contributed by atoms with van der Waals surface area (Å²) in [6.45, 7) is 2.90. The van der Waals surface area contributed by atoms with Crippen molar-refractivity contribution < 1.29 is 14.5 Å². The minimum Gasteiger partial charge on any atom is -0.496 e. The lowest BCUT2D eigenvalue weighted by Gasteiger charge is -2.08. The standard InChI is InChI=1S/C21H20N4O2/c1-14-7-8-18-15(11-14)12-16(13-22)20(25-18)23-9-10-24-21(26)17-5-3-4-6-19(17)27-2/h3-8,11-12H,9-10H2,1-2H3,(H,23,25)(H,24,26)/p+1. The number of anilines is 1. The highest BCUT2D eigenvalue weighted by Gasteiger charge is 2.14. The smallest absolute Gasteiger partial charge is 0.290 e. The summed E-state index contributed by atoms with van der Waals surface area (Å²) >= 11 is 0. The molecule has 0 spiro atoms. The van der Waals surface area contributed by atoms with Gasteiger partial charge >= 0.3 is 0 Å². The molecule has 0 saturated heterocycles. The van der Waals surface area contributed by atoms with Gasteiger partial charge in [-0.15, -0.1) is 0 Å². The lowest BCUT2D eigenvalue weighted by atomic mass is 10.1. The second-order valence-corrected chi connectivity index (χ2v) is 6.14. The van der Waals surface area contributed by atoms with Gasteiger partial charge in [0.2, 0.25) is 0 Å². The van der Waals surface area contributed by atoms with Crippen molar-refractivity contribution in [3.8, 4) is 11.8 Å². The van der Waals surface area contributed by atoms with Crippen LogP contribution in [0.2, 0.25) is 0 Å². The molecule has 6 nitrogen and oxygen atoms in total. The molecule has 0 unspecified atom stereocenters. The first-order valence-corrected chi connectivity index (χ1v) is 8.64. The Balaban J connectivity index is 1.64. The third kappa shape index (κ3) is 4.15. The molecule has 3 rings (SSSR count). The lowest BCUT2D eigenvalue weighted by molar-refractivity contribution is -0.327. The Kier molecular flexibility index (Phi) is 5.53. The van der Waals surface area contributed by atoms with Crippen molar-refractivity contribution in [3.63, 3.8) is 0 Å². The fraction of sp³-hybridized carbons (Fsp3) is 0.190. The Morgan fingerprint density at radius 2 is 2.00 bits per heavy atom. The highest BCUT2D eigenvalue weighted by Crippen LogP contribution is 2.18. The first kappa shape index (κ1) is 18.2. The van der Waals surface area contributed by atoms with Crippen LogP contribution in [0.4, 0.5) is 5.82 Å². The summed E-state index contributed by atoms with van der Waals surface area (Å²) in [5, 5.41) is 16.4. The molecule has 2 aromatic carbocycles. The van der Waals surface area contributed by atoms with E-state index in [4.69, 9.17) is 4.74 Å². The van der Waals surface area contributed by atoms with Gasteiger partial charge in [-0.2, -0.15) is 5.26 Å². The van der Waals surface area contributed by atoms with Crippen molar-refractivity contribution in [1.29, 1.82) is 5.26 Å². The molecule has 0 aliphatic carbocycles. The Labute approximate surface area is 157 Å². The number of aromatic nitrogens is 1. The van der Waals surface area contributed by atoms with Gasteiger partial charge in [0.05, 0.1) is 19.2 Å². The second kappa shape index (κ2) is 8.19. The zero-order chi connectivity index (χ0) is 19.2. The quantitative estimate of drug-likeness (QED) is 0.661. The van der Waals surface area contributed by atoms with E-state index >= 15 is 0 Å². The van der Waals surface area contributed by atoms with E-state index in [0.717, 1.165) is 16.5 Å². The van der Waals surface area contributed by atoms with Crippen molar-refractivity contribution >= 4 is 22.6 Å². The third-order valence-corrected chi connectivity index (χ3v) is 4.22. The number of rotatable bonds is 6. The van der Waals surface area contributed by atoms with E-state index in [2.05, 4.69) is 21.7 Å². The van der Waals surface area contributed by atoms with E-state index in [1.807, 2.05) is 37.3 Å². The Morgan fingerprint density at radius 3 is 2.78 bits per heavy atom. The van der Waals surface area contributed by atoms with Crippen LogP contribution in [0.15, 0.2) is 48.5 Å². The van der Waals surface area contributed by atoms with E-state index in [1.54, 1.807) is 18.2 Å². The van der Waals surface area contributed by atoms with Gasteiger partial charge in [0.1, 0.15) is 29.4 Å². The summed E-state index contributed by atoms with van der Waals surface area (Å²) in [5.41, 5.74) is 3.11. The number of carbonyl (C=O) groups is 1. The summed E-state index contributed by atoms with van der Waals surface area (Å²) in [7, 11) is 1.54. The first-order valence-electron chi connectivity index (χ1n) is 8.64. The predicted octanol–water partition coefficient (Wildman–Crippen LogP) is 2.68. The number of aromatic amines is 1. The summed E-state index contributed by atoms with van der Waals surface area (Å²) < 4.78 is 5.20. The molecule has 3 aromatic rings. The number of pyridine rings is 1. The highest BCUT2D eigenvalue weighted by molar-refractivity contribution is 5.96. The molecule has 0 bridgehead atoms. The highest BCUT2D eigenvalue weighted by atomic mass is 16.5. The third-order valence-electron chi connectivity index (χ3n) is 4.22. The van der Waals surface area contributed by atoms with Gasteiger partial charge in [-0.05, 0) is 37.3 Å². The maximum atomic E-state index is 12.3. The van der Waals surface area contributed by atoms with Gasteiger partial charge < -0.3 is 10.1 Å². The van der Waals surface area contributed by atoms with E-state index in [1.165, 1.54) is 7.11 Å². The molecule has 0 aliphatic heterocycles. The Morgan fingerprint density at radius 1 is 1.19 bits per heavy atom. The van der Waals surface area contributed by atoms with Gasteiger partial charge in [0.25, 0.3) is 11.7 Å². The maximum Gasteiger partial charge on any atom is 0.290 e. The van der Waals surface area contributed by atoms with Crippen molar-refractivity contribution in [3.05, 3.63) is 65.2 Å². The number of hydrogen-bond donors (Lipinski definition) is 2. The average Bonchev–Trinajstić information content (AvgIpc) is 2.70. The molecule has 0 radical (unpaired) electrons. The number of aryl methyl sites for hydroxylation is 1. The summed E-state index contributed by atoms with van der Waals surface area (Å²) in [4.78, 5) is 15.5. The van der Waals surface area contributed by atoms with Crippen molar-refractivity contribution in [2.45, 2.75) is 6.92 Å². The fourth-order valence-electron chi connectivity index (χ4n) is 2.86. The minimum absolute atomic E-state index is 0.201. The SMILES string of the molecule is COc1ccccc1C(=O)NCCNc1[nH+]c2ccc(C)cc2cc1C#N. The number of nitrogens with zero attached hydrogens (tertiary/aromatic N) is 1. The molecule has 1 aromatic heterocycles. The number of nitriles is 1. The molecule has 27 heavy (non-hydrogen) atoms. The number of amides is 1. The van der Waals surface area contributed by atoms with E-state index in [9.17, 15) is 10.1 Å². The van der Waals surface area contributed by atoms with Crippen molar-refractivity contribution in [2.24, 2.45) is 0 Å². The number of fused-ring (bicyclic) bond motifs is 1. The first-order chi connectivity index (χ1) is 13.1. The number of methoxy groups -OCH3 is 1. The number of carbonyl (C=O) groups excluding carboxylic acids is 1. The summed E-state index contributed by atoms with van der Waals surface area (Å²) in [6.07, 6.45) is 0. The summed E-state index contributed by atoms with van der Waals surface area (Å²) in [6, 6.07) is 17.2. The Hall–Kier alpha value is -3.59. The van der Waals surface area contributed by atoms with E-state index in [0.29, 0.717) is 35.8 Å². The predicted molar refractivity (Wildman–Crippen MR) is 104 cm³/mol. The normalized spacial score (nSPS) is 10.3.